The van der Waals surface area contributed by atoms with Crippen LogP contribution in [0.3, 0.4) is 0 Å². The zero-order chi connectivity index (χ0) is 25.8. The number of fused-ring (bicyclic) bond motifs is 1. The molecule has 2 N–H and O–H groups in total. The summed E-state index contributed by atoms with van der Waals surface area (Å²) in [6.45, 7) is 5.49. The van der Waals surface area contributed by atoms with Crippen LogP contribution in [0.15, 0.2) is 78.9 Å². The molecule has 8 nitrogen and oxygen atoms in total. The third kappa shape index (κ3) is 5.18. The fourth-order valence-corrected chi connectivity index (χ4v) is 4.59. The van der Waals surface area contributed by atoms with Gasteiger partial charge in [-0.3, -0.25) is 4.79 Å². The summed E-state index contributed by atoms with van der Waals surface area (Å²) in [5, 5.41) is 13.3. The average Bonchev–Trinajstić information content (AvgIpc) is 2.93. The van der Waals surface area contributed by atoms with Crippen molar-refractivity contribution in [3.05, 3.63) is 90.0 Å². The number of anilines is 3. The molecule has 3 aromatic carbocycles. The van der Waals surface area contributed by atoms with Gasteiger partial charge in [-0.25, -0.2) is 9.78 Å². The number of nitrogens with zero attached hydrogens (tertiary/aromatic N) is 3. The number of benzene rings is 3. The van der Waals surface area contributed by atoms with Crippen LogP contribution in [0.5, 0.6) is 5.75 Å². The normalized spacial score (nSPS) is 13.4. The van der Waals surface area contributed by atoms with Crippen molar-refractivity contribution in [1.82, 2.24) is 4.98 Å². The number of carbonyl (C=O) groups is 2. The number of aromatic nitrogens is 1. The Kier molecular flexibility index (Phi) is 6.89. The third-order valence-electron chi connectivity index (χ3n) is 6.43. The largest absolute Gasteiger partial charge is 0.492 e. The second-order valence-corrected chi connectivity index (χ2v) is 8.76. The number of carbonyl (C=O) groups excluding carboxylic acids is 1. The Labute approximate surface area is 215 Å². The molecule has 0 bridgehead atoms. The fourth-order valence-electron chi connectivity index (χ4n) is 4.59. The number of aromatic carboxylic acids is 1. The first-order chi connectivity index (χ1) is 18.0. The minimum Gasteiger partial charge on any atom is -0.492 e. The molecule has 1 aliphatic rings. The first-order valence-electron chi connectivity index (χ1n) is 12.3. The van der Waals surface area contributed by atoms with E-state index in [1.807, 2.05) is 31.2 Å². The van der Waals surface area contributed by atoms with Gasteiger partial charge in [0, 0.05) is 42.8 Å². The van der Waals surface area contributed by atoms with Crippen molar-refractivity contribution in [2.24, 2.45) is 0 Å². The average molecular weight is 497 g/mol. The van der Waals surface area contributed by atoms with Crippen LogP contribution in [0.1, 0.15) is 27.6 Å². The molecule has 188 valence electrons. The molecule has 1 aliphatic heterocycles. The number of nitrogens with one attached hydrogen (secondary N) is 1. The Bertz CT molecular complexity index is 1430. The second kappa shape index (κ2) is 10.6. The van der Waals surface area contributed by atoms with E-state index in [9.17, 15) is 14.7 Å². The van der Waals surface area contributed by atoms with Gasteiger partial charge in [0.1, 0.15) is 11.6 Å². The molecule has 1 fully saturated rings. The van der Waals surface area contributed by atoms with Crippen LogP contribution in [-0.2, 0) is 0 Å². The summed E-state index contributed by atoms with van der Waals surface area (Å²) in [5.74, 6) is 0.198. The molecular formula is C29H28N4O4. The van der Waals surface area contributed by atoms with Gasteiger partial charge in [-0.2, -0.15) is 0 Å². The number of carboxylic acid groups (broad SMARTS) is 1. The number of hydrogen-bond donors (Lipinski definition) is 2. The first kappa shape index (κ1) is 24.1. The zero-order valence-electron chi connectivity index (χ0n) is 20.6. The van der Waals surface area contributed by atoms with E-state index in [1.54, 1.807) is 48.5 Å². The number of ether oxygens (including phenoxy) is 1. The monoisotopic (exact) mass is 496 g/mol. The topological polar surface area (TPSA) is 95.0 Å². The molecule has 0 aliphatic carbocycles. The summed E-state index contributed by atoms with van der Waals surface area (Å²) in [7, 11) is 0. The first-order valence-corrected chi connectivity index (χ1v) is 12.3. The minimum atomic E-state index is -1.04. The predicted octanol–water partition coefficient (Wildman–Crippen LogP) is 4.91. The Hall–Kier alpha value is -4.59. The lowest BCUT2D eigenvalue weighted by molar-refractivity contribution is 0.0698. The molecule has 1 saturated heterocycles. The molecule has 0 radical (unpaired) electrons. The van der Waals surface area contributed by atoms with Crippen LogP contribution in [0.25, 0.3) is 10.9 Å². The molecule has 37 heavy (non-hydrogen) atoms. The van der Waals surface area contributed by atoms with Crippen LogP contribution < -0.4 is 19.9 Å². The Morgan fingerprint density at radius 3 is 2.35 bits per heavy atom. The highest BCUT2D eigenvalue weighted by Crippen LogP contribution is 2.31. The van der Waals surface area contributed by atoms with E-state index < -0.39 is 5.97 Å². The summed E-state index contributed by atoms with van der Waals surface area (Å²) in [6, 6.07) is 23.7. The van der Waals surface area contributed by atoms with Crippen LogP contribution in [0.2, 0.25) is 0 Å². The van der Waals surface area contributed by atoms with Crippen molar-refractivity contribution < 1.29 is 19.4 Å². The summed E-state index contributed by atoms with van der Waals surface area (Å²) >= 11 is 0. The number of carboxylic acids is 1. The van der Waals surface area contributed by atoms with Gasteiger partial charge < -0.3 is 25.0 Å². The third-order valence-corrected chi connectivity index (χ3v) is 6.43. The highest BCUT2D eigenvalue weighted by Gasteiger charge is 2.23. The number of rotatable bonds is 7. The molecular weight excluding hydrogens is 468 g/mol. The predicted molar refractivity (Wildman–Crippen MR) is 145 cm³/mol. The molecule has 2 heterocycles. The fraction of sp³-hybridized carbons (Fsp3) is 0.207. The van der Waals surface area contributed by atoms with Gasteiger partial charge >= 0.3 is 5.97 Å². The van der Waals surface area contributed by atoms with Crippen molar-refractivity contribution >= 4 is 40.0 Å². The number of amides is 1. The molecule has 0 spiro atoms. The molecule has 1 aromatic heterocycles. The van der Waals surface area contributed by atoms with Crippen LogP contribution in [0, 0.1) is 0 Å². The van der Waals surface area contributed by atoms with E-state index in [-0.39, 0.29) is 11.5 Å². The highest BCUT2D eigenvalue weighted by molar-refractivity contribution is 6.08. The summed E-state index contributed by atoms with van der Waals surface area (Å²) < 4.78 is 5.79. The number of hydrogen-bond acceptors (Lipinski definition) is 6. The lowest BCUT2D eigenvalue weighted by Gasteiger charge is -2.37. The summed E-state index contributed by atoms with van der Waals surface area (Å²) in [4.78, 5) is 33.9. The summed E-state index contributed by atoms with van der Waals surface area (Å²) in [6.07, 6.45) is 0. The van der Waals surface area contributed by atoms with Crippen molar-refractivity contribution in [3.8, 4) is 5.75 Å². The van der Waals surface area contributed by atoms with Crippen molar-refractivity contribution in [3.63, 3.8) is 0 Å². The van der Waals surface area contributed by atoms with E-state index in [0.717, 1.165) is 24.5 Å². The van der Waals surface area contributed by atoms with Crippen molar-refractivity contribution in [1.29, 1.82) is 0 Å². The lowest BCUT2D eigenvalue weighted by Crippen LogP contribution is -2.47. The van der Waals surface area contributed by atoms with E-state index in [2.05, 4.69) is 21.2 Å². The standard InChI is InChI=1S/C29H28N4O4/c1-2-37-26-11-7-6-10-25(26)32-14-16-33(17-15-32)27-19-23(29(35)36)22-18-21(12-13-24(22)31-27)30-28(34)20-8-4-3-5-9-20/h3-13,18-19H,2,14-17H2,1H3,(H,30,34)(H,35,36). The quantitative estimate of drug-likeness (QED) is 0.375. The minimum absolute atomic E-state index is 0.153. The molecule has 4 aromatic rings. The van der Waals surface area contributed by atoms with E-state index in [4.69, 9.17) is 9.72 Å². The van der Waals surface area contributed by atoms with Crippen molar-refractivity contribution in [2.45, 2.75) is 6.92 Å². The smallest absolute Gasteiger partial charge is 0.336 e. The summed E-state index contributed by atoms with van der Waals surface area (Å²) in [5.41, 5.74) is 2.82. The number of pyridine rings is 1. The van der Waals surface area contributed by atoms with Gasteiger partial charge in [-0.15, -0.1) is 0 Å². The van der Waals surface area contributed by atoms with Gasteiger partial charge in [-0.05, 0) is 55.5 Å². The van der Waals surface area contributed by atoms with Gasteiger partial charge in [0.15, 0.2) is 0 Å². The maximum atomic E-state index is 12.6. The van der Waals surface area contributed by atoms with E-state index >= 15 is 0 Å². The van der Waals surface area contributed by atoms with Crippen LogP contribution in [-0.4, -0.2) is 54.8 Å². The van der Waals surface area contributed by atoms with Gasteiger partial charge in [0.2, 0.25) is 0 Å². The van der Waals surface area contributed by atoms with Gasteiger partial charge in [0.25, 0.3) is 5.91 Å². The van der Waals surface area contributed by atoms with Crippen LogP contribution >= 0.6 is 0 Å². The maximum Gasteiger partial charge on any atom is 0.336 e. The van der Waals surface area contributed by atoms with Crippen molar-refractivity contribution in [2.75, 3.05) is 47.9 Å². The molecule has 0 atom stereocenters. The number of para-hydroxylation sites is 2. The molecule has 1 amide bonds. The second-order valence-electron chi connectivity index (χ2n) is 8.76. The molecule has 5 rings (SSSR count). The Balaban J connectivity index is 1.37. The number of piperazine rings is 1. The lowest BCUT2D eigenvalue weighted by atomic mass is 10.1. The van der Waals surface area contributed by atoms with Gasteiger partial charge in [-0.1, -0.05) is 30.3 Å². The van der Waals surface area contributed by atoms with Gasteiger partial charge in [0.05, 0.1) is 23.4 Å². The zero-order valence-corrected chi connectivity index (χ0v) is 20.6. The van der Waals surface area contributed by atoms with Crippen LogP contribution in [0.4, 0.5) is 17.2 Å². The Morgan fingerprint density at radius 2 is 1.62 bits per heavy atom. The maximum absolute atomic E-state index is 12.6. The van der Waals surface area contributed by atoms with E-state index in [0.29, 0.717) is 47.7 Å². The molecule has 8 heteroatoms. The highest BCUT2D eigenvalue weighted by atomic mass is 16.5. The molecule has 0 unspecified atom stereocenters. The SMILES string of the molecule is CCOc1ccccc1N1CCN(c2cc(C(=O)O)c3cc(NC(=O)c4ccccc4)ccc3n2)CC1. The van der Waals surface area contributed by atoms with E-state index in [1.165, 1.54) is 0 Å². The Morgan fingerprint density at radius 1 is 0.919 bits per heavy atom. The molecule has 0 saturated carbocycles.